The lowest BCUT2D eigenvalue weighted by Gasteiger charge is -2.27. The Labute approximate surface area is 110 Å². The van der Waals surface area contributed by atoms with Crippen LogP contribution in [0.2, 0.25) is 0 Å². The summed E-state index contributed by atoms with van der Waals surface area (Å²) in [6.45, 7) is 6.37. The maximum atomic E-state index is 12.6. The molecule has 4 nitrogen and oxygen atoms in total. The number of sulfonamides is 1. The largest absolute Gasteiger partial charge is 0.329 e. The van der Waals surface area contributed by atoms with Crippen molar-refractivity contribution in [1.82, 2.24) is 4.31 Å². The molecule has 0 aromatic heterocycles. The van der Waals surface area contributed by atoms with Crippen molar-refractivity contribution in [2.45, 2.75) is 38.1 Å². The smallest absolute Gasteiger partial charge is 0.243 e. The van der Waals surface area contributed by atoms with Gasteiger partial charge in [-0.1, -0.05) is 25.1 Å². The van der Waals surface area contributed by atoms with Gasteiger partial charge >= 0.3 is 0 Å². The maximum Gasteiger partial charge on any atom is 0.243 e. The van der Waals surface area contributed by atoms with Crippen molar-refractivity contribution in [3.8, 4) is 0 Å². The van der Waals surface area contributed by atoms with Crippen molar-refractivity contribution in [3.63, 3.8) is 0 Å². The van der Waals surface area contributed by atoms with Gasteiger partial charge in [0, 0.05) is 19.1 Å². The summed E-state index contributed by atoms with van der Waals surface area (Å²) in [4.78, 5) is 0.374. The quantitative estimate of drug-likeness (QED) is 0.856. The normalized spacial score (nSPS) is 13.8. The molecule has 5 heteroatoms. The second-order valence-electron chi connectivity index (χ2n) is 4.43. The van der Waals surface area contributed by atoms with Crippen LogP contribution >= 0.6 is 0 Å². The molecule has 0 amide bonds. The van der Waals surface area contributed by atoms with Gasteiger partial charge < -0.3 is 5.73 Å². The van der Waals surface area contributed by atoms with E-state index in [-0.39, 0.29) is 6.04 Å². The van der Waals surface area contributed by atoms with E-state index in [2.05, 4.69) is 0 Å². The van der Waals surface area contributed by atoms with Crippen molar-refractivity contribution in [2.75, 3.05) is 13.1 Å². The van der Waals surface area contributed by atoms with Crippen molar-refractivity contribution in [1.29, 1.82) is 0 Å². The van der Waals surface area contributed by atoms with Crippen LogP contribution in [0.15, 0.2) is 29.2 Å². The lowest BCUT2D eigenvalue weighted by atomic mass is 10.2. The van der Waals surface area contributed by atoms with Crippen molar-refractivity contribution >= 4 is 10.0 Å². The molecule has 0 fully saturated rings. The van der Waals surface area contributed by atoms with E-state index in [1.165, 1.54) is 4.31 Å². The molecule has 1 aromatic rings. The zero-order valence-corrected chi connectivity index (χ0v) is 12.1. The summed E-state index contributed by atoms with van der Waals surface area (Å²) in [5, 5.41) is 0. The Morgan fingerprint density at radius 2 is 1.94 bits per heavy atom. The molecule has 102 valence electrons. The molecule has 1 aromatic carbocycles. The molecule has 1 rings (SSSR count). The van der Waals surface area contributed by atoms with Crippen LogP contribution in [0.1, 0.15) is 25.8 Å². The Kier molecular flexibility index (Phi) is 5.31. The van der Waals surface area contributed by atoms with Crippen LogP contribution < -0.4 is 5.73 Å². The van der Waals surface area contributed by atoms with E-state index in [0.717, 1.165) is 12.0 Å². The van der Waals surface area contributed by atoms with E-state index in [0.29, 0.717) is 18.0 Å². The average Bonchev–Trinajstić information content (AvgIpc) is 2.35. The minimum absolute atomic E-state index is 0.0434. The number of nitrogens with two attached hydrogens (primary N) is 1. The Morgan fingerprint density at radius 3 is 2.44 bits per heavy atom. The van der Waals surface area contributed by atoms with Gasteiger partial charge in [-0.3, -0.25) is 0 Å². The van der Waals surface area contributed by atoms with Crippen molar-refractivity contribution in [3.05, 3.63) is 29.8 Å². The summed E-state index contributed by atoms with van der Waals surface area (Å²) in [6, 6.07) is 7.00. The molecule has 0 spiro atoms. The molecule has 0 bridgehead atoms. The standard InChI is InChI=1S/C13H22N2O2S/c1-4-12(3)15(10-9-14)18(16,17)13-8-6-5-7-11(13)2/h5-8,12H,4,9-10,14H2,1-3H3. The fraction of sp³-hybridized carbons (Fsp3) is 0.538. The number of rotatable bonds is 6. The molecular weight excluding hydrogens is 248 g/mol. The van der Waals surface area contributed by atoms with Gasteiger partial charge in [-0.2, -0.15) is 4.31 Å². The SMILES string of the molecule is CCC(C)N(CCN)S(=O)(=O)c1ccccc1C. The highest BCUT2D eigenvalue weighted by Crippen LogP contribution is 2.22. The number of hydrogen-bond acceptors (Lipinski definition) is 3. The molecule has 2 N–H and O–H groups in total. The van der Waals surface area contributed by atoms with E-state index in [1.807, 2.05) is 32.9 Å². The van der Waals surface area contributed by atoms with Gasteiger partial charge in [-0.25, -0.2) is 8.42 Å². The van der Waals surface area contributed by atoms with Crippen LogP contribution in [-0.2, 0) is 10.0 Å². The molecule has 0 radical (unpaired) electrons. The third-order valence-electron chi connectivity index (χ3n) is 3.11. The Balaban J connectivity index is 3.21. The van der Waals surface area contributed by atoms with Crippen molar-refractivity contribution in [2.24, 2.45) is 5.73 Å². The van der Waals surface area contributed by atoms with Gasteiger partial charge in [0.05, 0.1) is 4.90 Å². The molecule has 18 heavy (non-hydrogen) atoms. The number of nitrogens with zero attached hydrogens (tertiary/aromatic N) is 1. The maximum absolute atomic E-state index is 12.6. The number of benzene rings is 1. The van der Waals surface area contributed by atoms with Gasteiger partial charge in [-0.15, -0.1) is 0 Å². The zero-order chi connectivity index (χ0) is 13.8. The highest BCUT2D eigenvalue weighted by Gasteiger charge is 2.28. The highest BCUT2D eigenvalue weighted by molar-refractivity contribution is 7.89. The molecule has 0 heterocycles. The first-order chi connectivity index (χ1) is 8.45. The highest BCUT2D eigenvalue weighted by atomic mass is 32.2. The van der Waals surface area contributed by atoms with Gasteiger partial charge in [-0.05, 0) is 31.9 Å². The van der Waals surface area contributed by atoms with Gasteiger partial charge in [0.1, 0.15) is 0 Å². The molecule has 0 aliphatic heterocycles. The second-order valence-corrected chi connectivity index (χ2v) is 6.29. The van der Waals surface area contributed by atoms with E-state index in [9.17, 15) is 8.42 Å². The van der Waals surface area contributed by atoms with Crippen LogP contribution in [0.5, 0.6) is 0 Å². The van der Waals surface area contributed by atoms with Gasteiger partial charge in [0.15, 0.2) is 0 Å². The van der Waals surface area contributed by atoms with E-state index >= 15 is 0 Å². The predicted molar refractivity (Wildman–Crippen MR) is 73.9 cm³/mol. The first-order valence-electron chi connectivity index (χ1n) is 6.22. The fourth-order valence-corrected chi connectivity index (χ4v) is 3.83. The zero-order valence-electron chi connectivity index (χ0n) is 11.3. The first-order valence-corrected chi connectivity index (χ1v) is 7.66. The Morgan fingerprint density at radius 1 is 1.33 bits per heavy atom. The van der Waals surface area contributed by atoms with Gasteiger partial charge in [0.25, 0.3) is 0 Å². The predicted octanol–water partition coefficient (Wildman–Crippen LogP) is 1.74. The first kappa shape index (κ1) is 15.1. The third-order valence-corrected chi connectivity index (χ3v) is 5.29. The van der Waals surface area contributed by atoms with Crippen molar-refractivity contribution < 1.29 is 8.42 Å². The second kappa shape index (κ2) is 6.31. The summed E-state index contributed by atoms with van der Waals surface area (Å²) >= 11 is 0. The van der Waals surface area contributed by atoms with Crippen LogP contribution in [0, 0.1) is 6.92 Å². The van der Waals surface area contributed by atoms with Crippen LogP contribution in [0.25, 0.3) is 0 Å². The monoisotopic (exact) mass is 270 g/mol. The third kappa shape index (κ3) is 3.10. The molecule has 0 saturated heterocycles. The van der Waals surface area contributed by atoms with Gasteiger partial charge in [0.2, 0.25) is 10.0 Å². The Bertz CT molecular complexity index is 486. The van der Waals surface area contributed by atoms with Crippen LogP contribution in [0.3, 0.4) is 0 Å². The fourth-order valence-electron chi connectivity index (χ4n) is 1.88. The summed E-state index contributed by atoms with van der Waals surface area (Å²) in [5.41, 5.74) is 6.30. The molecule has 0 aliphatic carbocycles. The Hall–Kier alpha value is -0.910. The number of hydrogen-bond donors (Lipinski definition) is 1. The molecule has 1 unspecified atom stereocenters. The lowest BCUT2D eigenvalue weighted by Crippen LogP contribution is -2.41. The number of aryl methyl sites for hydroxylation is 1. The average molecular weight is 270 g/mol. The summed E-state index contributed by atoms with van der Waals surface area (Å²) < 4.78 is 26.7. The van der Waals surface area contributed by atoms with Crippen LogP contribution in [0.4, 0.5) is 0 Å². The summed E-state index contributed by atoms with van der Waals surface area (Å²) in [5.74, 6) is 0. The van der Waals surface area contributed by atoms with E-state index < -0.39 is 10.0 Å². The van der Waals surface area contributed by atoms with Crippen LogP contribution in [-0.4, -0.2) is 31.9 Å². The molecular formula is C13H22N2O2S. The summed E-state index contributed by atoms with van der Waals surface area (Å²) in [7, 11) is -3.45. The molecule has 0 aliphatic rings. The molecule has 0 saturated carbocycles. The summed E-state index contributed by atoms with van der Waals surface area (Å²) in [6.07, 6.45) is 0.769. The lowest BCUT2D eigenvalue weighted by molar-refractivity contribution is 0.335. The molecule has 1 atom stereocenters. The minimum Gasteiger partial charge on any atom is -0.329 e. The minimum atomic E-state index is -3.45. The van der Waals surface area contributed by atoms with E-state index in [1.54, 1.807) is 12.1 Å². The van der Waals surface area contributed by atoms with E-state index in [4.69, 9.17) is 5.73 Å². The topological polar surface area (TPSA) is 63.4 Å².